The van der Waals surface area contributed by atoms with Crippen molar-refractivity contribution >= 4 is 11.6 Å². The molecule has 18 heavy (non-hydrogen) atoms. The summed E-state index contributed by atoms with van der Waals surface area (Å²) in [5.41, 5.74) is 12.4. The normalized spacial score (nSPS) is 17.8. The number of piperidine rings is 1. The number of hydrogen-bond acceptors (Lipinski definition) is 5. The number of likely N-dealkylation sites (tertiary alicyclic amines) is 1. The van der Waals surface area contributed by atoms with Crippen LogP contribution in [0.5, 0.6) is 0 Å². The molecule has 0 bridgehead atoms. The highest BCUT2D eigenvalue weighted by molar-refractivity contribution is 5.83. The van der Waals surface area contributed by atoms with Gasteiger partial charge in [-0.3, -0.25) is 9.69 Å². The lowest BCUT2D eigenvalue weighted by atomic mass is 10.0. The number of nitrogens with zero attached hydrogens (tertiary/aromatic N) is 2. The second kappa shape index (κ2) is 5.93. The number of aromatic nitrogens is 1. The first-order chi connectivity index (χ1) is 8.65. The van der Waals surface area contributed by atoms with Crippen LogP contribution in [0.25, 0.3) is 0 Å². The van der Waals surface area contributed by atoms with Crippen LogP contribution >= 0.6 is 0 Å². The average Bonchev–Trinajstić information content (AvgIpc) is 2.35. The summed E-state index contributed by atoms with van der Waals surface area (Å²) in [6, 6.07) is 3.95. The summed E-state index contributed by atoms with van der Waals surface area (Å²) in [6.07, 6.45) is 3.95. The molecule has 2 rings (SSSR count). The first-order valence-corrected chi connectivity index (χ1v) is 6.34. The van der Waals surface area contributed by atoms with E-state index in [0.717, 1.165) is 31.5 Å². The van der Waals surface area contributed by atoms with Gasteiger partial charge in [-0.2, -0.15) is 0 Å². The fraction of sp³-hybridized carbons (Fsp3) is 0.538. The Kier molecular flexibility index (Phi) is 4.28. The molecule has 0 aromatic carbocycles. The van der Waals surface area contributed by atoms with E-state index in [2.05, 4.69) is 9.88 Å². The van der Waals surface area contributed by atoms with Crippen molar-refractivity contribution in [3.8, 4) is 0 Å². The molecular formula is C13H20N4O. The molecule has 1 aliphatic rings. The summed E-state index contributed by atoms with van der Waals surface area (Å²) >= 11 is 0. The quantitative estimate of drug-likeness (QED) is 0.795. The van der Waals surface area contributed by atoms with Crippen molar-refractivity contribution in [2.75, 3.05) is 25.4 Å². The van der Waals surface area contributed by atoms with Crippen molar-refractivity contribution in [2.45, 2.75) is 25.3 Å². The van der Waals surface area contributed by atoms with Gasteiger partial charge in [0.05, 0.1) is 6.54 Å². The molecule has 1 aromatic rings. The van der Waals surface area contributed by atoms with Crippen LogP contribution in [0, 0.1) is 0 Å². The van der Waals surface area contributed by atoms with Crippen LogP contribution in [0.1, 0.15) is 18.4 Å². The van der Waals surface area contributed by atoms with Gasteiger partial charge in [-0.25, -0.2) is 4.98 Å². The molecule has 0 atom stereocenters. The minimum Gasteiger partial charge on any atom is -0.383 e. The average molecular weight is 248 g/mol. The Labute approximate surface area is 107 Å². The van der Waals surface area contributed by atoms with Gasteiger partial charge in [0.25, 0.3) is 0 Å². The topological polar surface area (TPSA) is 85.2 Å². The molecule has 0 spiro atoms. The number of ketones is 1. The lowest BCUT2D eigenvalue weighted by molar-refractivity contribution is -0.119. The molecular weight excluding hydrogens is 228 g/mol. The molecule has 2 heterocycles. The van der Waals surface area contributed by atoms with E-state index in [1.807, 2.05) is 6.07 Å². The number of rotatable bonds is 4. The number of carbonyl (C=O) groups excluding carboxylic acids is 1. The molecule has 0 aliphatic carbocycles. The fourth-order valence-corrected chi connectivity index (χ4v) is 2.23. The lowest BCUT2D eigenvalue weighted by Crippen LogP contribution is -2.42. The number of nitrogens with two attached hydrogens (primary N) is 2. The van der Waals surface area contributed by atoms with Gasteiger partial charge >= 0.3 is 0 Å². The van der Waals surface area contributed by atoms with Crippen LogP contribution in [-0.2, 0) is 11.2 Å². The zero-order valence-electron chi connectivity index (χ0n) is 10.5. The Bertz CT molecular complexity index is 413. The Morgan fingerprint density at radius 2 is 2.17 bits per heavy atom. The van der Waals surface area contributed by atoms with Crippen molar-refractivity contribution in [1.82, 2.24) is 9.88 Å². The second-order valence-electron chi connectivity index (χ2n) is 4.88. The highest BCUT2D eigenvalue weighted by Gasteiger charge is 2.18. The smallest absolute Gasteiger partial charge is 0.151 e. The predicted octanol–water partition coefficient (Wildman–Crippen LogP) is 0.198. The highest BCUT2D eigenvalue weighted by atomic mass is 16.1. The molecule has 0 radical (unpaired) electrons. The second-order valence-corrected chi connectivity index (χ2v) is 4.88. The summed E-state index contributed by atoms with van der Waals surface area (Å²) in [5, 5.41) is 0. The van der Waals surface area contributed by atoms with Crippen LogP contribution in [0.3, 0.4) is 0 Å². The zero-order valence-corrected chi connectivity index (χ0v) is 10.5. The van der Waals surface area contributed by atoms with Crippen LogP contribution in [0.2, 0.25) is 0 Å². The zero-order chi connectivity index (χ0) is 13.0. The Morgan fingerprint density at radius 1 is 1.44 bits per heavy atom. The standard InChI is InChI=1S/C13H20N4O/c14-11-3-6-17(7-4-11)9-12(18)8-10-2-1-5-16-13(10)15/h1-2,5,11H,3-4,6-9,14H2,(H2,15,16). The number of carbonyl (C=O) groups is 1. The Hall–Kier alpha value is -1.46. The maximum absolute atomic E-state index is 12.0. The van der Waals surface area contributed by atoms with E-state index in [1.54, 1.807) is 12.3 Å². The van der Waals surface area contributed by atoms with E-state index < -0.39 is 0 Å². The molecule has 0 unspecified atom stereocenters. The number of anilines is 1. The van der Waals surface area contributed by atoms with Gasteiger partial charge in [-0.05, 0) is 18.9 Å². The van der Waals surface area contributed by atoms with Gasteiger partial charge < -0.3 is 11.5 Å². The minimum atomic E-state index is 0.185. The molecule has 0 saturated carbocycles. The largest absolute Gasteiger partial charge is 0.383 e. The molecule has 98 valence electrons. The fourth-order valence-electron chi connectivity index (χ4n) is 2.23. The van der Waals surface area contributed by atoms with Crippen LogP contribution in [0.15, 0.2) is 18.3 Å². The molecule has 4 N–H and O–H groups in total. The van der Waals surface area contributed by atoms with E-state index in [1.165, 1.54) is 0 Å². The number of Topliss-reactive ketones (excluding diaryl/α,β-unsaturated/α-hetero) is 1. The molecule has 5 heteroatoms. The molecule has 5 nitrogen and oxygen atoms in total. The summed E-state index contributed by atoms with van der Waals surface area (Å²) < 4.78 is 0. The van der Waals surface area contributed by atoms with Gasteiger partial charge in [0, 0.05) is 37.3 Å². The third-order valence-corrected chi connectivity index (χ3v) is 3.35. The van der Waals surface area contributed by atoms with Crippen molar-refractivity contribution < 1.29 is 4.79 Å². The van der Waals surface area contributed by atoms with Crippen molar-refractivity contribution in [1.29, 1.82) is 0 Å². The predicted molar refractivity (Wildman–Crippen MR) is 71.0 cm³/mol. The van der Waals surface area contributed by atoms with E-state index in [0.29, 0.717) is 24.8 Å². The monoisotopic (exact) mass is 248 g/mol. The molecule has 0 amide bonds. The SMILES string of the molecule is Nc1ncccc1CC(=O)CN1CCC(N)CC1. The van der Waals surface area contributed by atoms with E-state index in [9.17, 15) is 4.79 Å². The van der Waals surface area contributed by atoms with E-state index in [4.69, 9.17) is 11.5 Å². The van der Waals surface area contributed by atoms with Gasteiger partial charge in [-0.1, -0.05) is 6.07 Å². The number of hydrogen-bond donors (Lipinski definition) is 2. The summed E-state index contributed by atoms with van der Waals surface area (Å²) in [4.78, 5) is 18.1. The Morgan fingerprint density at radius 3 is 2.83 bits per heavy atom. The van der Waals surface area contributed by atoms with Crippen LogP contribution < -0.4 is 11.5 Å². The molecule has 1 aliphatic heterocycles. The van der Waals surface area contributed by atoms with E-state index >= 15 is 0 Å². The van der Waals surface area contributed by atoms with Gasteiger partial charge in [0.2, 0.25) is 0 Å². The third kappa shape index (κ3) is 3.51. The highest BCUT2D eigenvalue weighted by Crippen LogP contribution is 2.11. The maximum atomic E-state index is 12.0. The summed E-state index contributed by atoms with van der Waals surface area (Å²) in [5.74, 6) is 0.636. The molecule has 1 saturated heterocycles. The number of nitrogen functional groups attached to an aromatic ring is 1. The first kappa shape index (κ1) is 13.0. The van der Waals surface area contributed by atoms with Crippen molar-refractivity contribution in [3.63, 3.8) is 0 Å². The molecule has 1 aromatic heterocycles. The maximum Gasteiger partial charge on any atom is 0.151 e. The lowest BCUT2D eigenvalue weighted by Gasteiger charge is -2.29. The Balaban J connectivity index is 1.84. The minimum absolute atomic E-state index is 0.185. The first-order valence-electron chi connectivity index (χ1n) is 6.34. The van der Waals surface area contributed by atoms with Gasteiger partial charge in [-0.15, -0.1) is 0 Å². The summed E-state index contributed by atoms with van der Waals surface area (Å²) in [7, 11) is 0. The molecule has 1 fully saturated rings. The van der Waals surface area contributed by atoms with Crippen LogP contribution in [-0.4, -0.2) is 41.3 Å². The number of pyridine rings is 1. The van der Waals surface area contributed by atoms with Crippen molar-refractivity contribution in [3.05, 3.63) is 23.9 Å². The third-order valence-electron chi connectivity index (χ3n) is 3.35. The van der Waals surface area contributed by atoms with Crippen LogP contribution in [0.4, 0.5) is 5.82 Å². The van der Waals surface area contributed by atoms with Gasteiger partial charge in [0.1, 0.15) is 5.82 Å². The van der Waals surface area contributed by atoms with Gasteiger partial charge in [0.15, 0.2) is 5.78 Å². The van der Waals surface area contributed by atoms with E-state index in [-0.39, 0.29) is 5.78 Å². The summed E-state index contributed by atoms with van der Waals surface area (Å²) in [6.45, 7) is 2.31. The van der Waals surface area contributed by atoms with Crippen molar-refractivity contribution in [2.24, 2.45) is 5.73 Å².